The molecule has 0 heterocycles. The standard InChI is InChI=1S/C12H13NO3/c1-2-16-11-5-3-9(4-6-11)7-10(8-13)12(14)15/h3-6,10H,2,7H2,1H3,(H,14,15). The van der Waals surface area contributed by atoms with Gasteiger partial charge in [0.25, 0.3) is 0 Å². The van der Waals surface area contributed by atoms with Gasteiger partial charge < -0.3 is 9.84 Å². The summed E-state index contributed by atoms with van der Waals surface area (Å²) in [5.74, 6) is -1.33. The van der Waals surface area contributed by atoms with Gasteiger partial charge in [0, 0.05) is 0 Å². The van der Waals surface area contributed by atoms with E-state index in [1.165, 1.54) is 0 Å². The van der Waals surface area contributed by atoms with E-state index in [1.54, 1.807) is 30.3 Å². The van der Waals surface area contributed by atoms with Crippen LogP contribution in [-0.2, 0) is 11.2 Å². The number of hydrogen-bond acceptors (Lipinski definition) is 3. The molecule has 16 heavy (non-hydrogen) atoms. The van der Waals surface area contributed by atoms with Gasteiger partial charge in [0.1, 0.15) is 11.7 Å². The molecule has 0 saturated heterocycles. The minimum atomic E-state index is -1.09. The van der Waals surface area contributed by atoms with Crippen molar-refractivity contribution in [1.82, 2.24) is 0 Å². The number of nitrogens with zero attached hydrogens (tertiary/aromatic N) is 1. The zero-order chi connectivity index (χ0) is 12.0. The van der Waals surface area contributed by atoms with Gasteiger partial charge in [0.05, 0.1) is 12.7 Å². The molecule has 0 aliphatic rings. The highest BCUT2D eigenvalue weighted by molar-refractivity contribution is 5.73. The topological polar surface area (TPSA) is 70.3 Å². The van der Waals surface area contributed by atoms with Crippen LogP contribution in [0.1, 0.15) is 12.5 Å². The number of carboxylic acid groups (broad SMARTS) is 1. The van der Waals surface area contributed by atoms with Gasteiger partial charge >= 0.3 is 5.97 Å². The largest absolute Gasteiger partial charge is 0.494 e. The zero-order valence-electron chi connectivity index (χ0n) is 9.01. The van der Waals surface area contributed by atoms with Crippen LogP contribution in [0.5, 0.6) is 5.75 Å². The monoisotopic (exact) mass is 219 g/mol. The fourth-order valence-corrected chi connectivity index (χ4v) is 1.31. The van der Waals surface area contributed by atoms with Crippen LogP contribution in [0.4, 0.5) is 0 Å². The van der Waals surface area contributed by atoms with Crippen molar-refractivity contribution in [1.29, 1.82) is 5.26 Å². The third-order valence-electron chi connectivity index (χ3n) is 2.13. The Morgan fingerprint density at radius 3 is 2.56 bits per heavy atom. The summed E-state index contributed by atoms with van der Waals surface area (Å²) < 4.78 is 5.26. The molecule has 1 aromatic carbocycles. The molecule has 0 saturated carbocycles. The van der Waals surface area contributed by atoms with Crippen LogP contribution < -0.4 is 4.74 Å². The number of benzene rings is 1. The maximum atomic E-state index is 10.7. The summed E-state index contributed by atoms with van der Waals surface area (Å²) in [5, 5.41) is 17.4. The lowest BCUT2D eigenvalue weighted by molar-refractivity contribution is -0.139. The summed E-state index contributed by atoms with van der Waals surface area (Å²) in [6, 6.07) is 8.86. The number of rotatable bonds is 5. The van der Waals surface area contributed by atoms with Crippen LogP contribution in [0, 0.1) is 17.2 Å². The Morgan fingerprint density at radius 1 is 1.50 bits per heavy atom. The SMILES string of the molecule is CCOc1ccc(CC(C#N)C(=O)O)cc1. The molecule has 0 aliphatic carbocycles. The quantitative estimate of drug-likeness (QED) is 0.820. The van der Waals surface area contributed by atoms with Crippen molar-refractivity contribution < 1.29 is 14.6 Å². The molecule has 0 aliphatic heterocycles. The van der Waals surface area contributed by atoms with E-state index in [2.05, 4.69) is 0 Å². The molecular weight excluding hydrogens is 206 g/mol. The molecule has 84 valence electrons. The highest BCUT2D eigenvalue weighted by Crippen LogP contribution is 2.15. The Balaban J connectivity index is 2.68. The van der Waals surface area contributed by atoms with Crippen molar-refractivity contribution in [3.8, 4) is 11.8 Å². The summed E-state index contributed by atoms with van der Waals surface area (Å²) in [5.41, 5.74) is 0.817. The fraction of sp³-hybridized carbons (Fsp3) is 0.333. The van der Waals surface area contributed by atoms with Crippen molar-refractivity contribution in [3.63, 3.8) is 0 Å². The molecule has 0 radical (unpaired) electrons. The molecule has 0 spiro atoms. The van der Waals surface area contributed by atoms with Crippen LogP contribution in [0.25, 0.3) is 0 Å². The summed E-state index contributed by atoms with van der Waals surface area (Å²) in [6.45, 7) is 2.49. The highest BCUT2D eigenvalue weighted by Gasteiger charge is 2.16. The minimum Gasteiger partial charge on any atom is -0.494 e. The highest BCUT2D eigenvalue weighted by atomic mass is 16.5. The first-order valence-corrected chi connectivity index (χ1v) is 5.01. The van der Waals surface area contributed by atoms with E-state index >= 15 is 0 Å². The minimum absolute atomic E-state index is 0.220. The average Bonchev–Trinajstić information content (AvgIpc) is 2.28. The molecule has 0 amide bonds. The van der Waals surface area contributed by atoms with Crippen LogP contribution >= 0.6 is 0 Å². The predicted octanol–water partition coefficient (Wildman–Crippen LogP) is 1.85. The second-order valence-electron chi connectivity index (χ2n) is 3.30. The van der Waals surface area contributed by atoms with Crippen molar-refractivity contribution in [3.05, 3.63) is 29.8 Å². The predicted molar refractivity (Wildman–Crippen MR) is 58.1 cm³/mol. The van der Waals surface area contributed by atoms with Crippen molar-refractivity contribution in [2.75, 3.05) is 6.61 Å². The molecule has 0 aromatic heterocycles. The van der Waals surface area contributed by atoms with Gasteiger partial charge in [-0.2, -0.15) is 5.26 Å². The number of nitriles is 1. The van der Waals surface area contributed by atoms with E-state index in [0.29, 0.717) is 6.61 Å². The number of ether oxygens (including phenoxy) is 1. The van der Waals surface area contributed by atoms with Crippen molar-refractivity contribution >= 4 is 5.97 Å². The fourth-order valence-electron chi connectivity index (χ4n) is 1.31. The lowest BCUT2D eigenvalue weighted by Gasteiger charge is -2.06. The van der Waals surface area contributed by atoms with Crippen molar-refractivity contribution in [2.45, 2.75) is 13.3 Å². The number of aliphatic carboxylic acids is 1. The molecule has 4 heteroatoms. The molecular formula is C12H13NO3. The Hall–Kier alpha value is -2.02. The first-order valence-electron chi connectivity index (χ1n) is 5.01. The lowest BCUT2D eigenvalue weighted by atomic mass is 10.0. The number of carboxylic acids is 1. The number of hydrogen-bond donors (Lipinski definition) is 1. The molecule has 1 atom stereocenters. The van der Waals surface area contributed by atoms with Gasteiger partial charge in [-0.1, -0.05) is 12.1 Å². The van der Waals surface area contributed by atoms with Gasteiger partial charge in [0.2, 0.25) is 0 Å². The summed E-state index contributed by atoms with van der Waals surface area (Å²) in [6.07, 6.45) is 0.220. The molecule has 4 nitrogen and oxygen atoms in total. The number of carbonyl (C=O) groups is 1. The molecule has 1 rings (SSSR count). The maximum Gasteiger partial charge on any atom is 0.321 e. The van der Waals surface area contributed by atoms with E-state index in [4.69, 9.17) is 15.1 Å². The Bertz CT molecular complexity index is 392. The van der Waals surface area contributed by atoms with Crippen LogP contribution in [0.15, 0.2) is 24.3 Å². The summed E-state index contributed by atoms with van der Waals surface area (Å²) in [7, 11) is 0. The molecule has 1 unspecified atom stereocenters. The van der Waals surface area contributed by atoms with Crippen LogP contribution in [0.3, 0.4) is 0 Å². The molecule has 0 fully saturated rings. The average molecular weight is 219 g/mol. The van der Waals surface area contributed by atoms with Gasteiger partial charge in [-0.25, -0.2) is 0 Å². The first kappa shape index (κ1) is 12.1. The van der Waals surface area contributed by atoms with Gasteiger partial charge in [-0.05, 0) is 31.0 Å². The smallest absolute Gasteiger partial charge is 0.321 e. The Labute approximate surface area is 94.1 Å². The second kappa shape index (κ2) is 5.76. The van der Waals surface area contributed by atoms with E-state index in [0.717, 1.165) is 11.3 Å². The Kier molecular flexibility index (Phi) is 4.34. The molecule has 0 bridgehead atoms. The van der Waals surface area contributed by atoms with E-state index in [-0.39, 0.29) is 6.42 Å². The second-order valence-corrected chi connectivity index (χ2v) is 3.30. The first-order chi connectivity index (χ1) is 7.67. The third kappa shape index (κ3) is 3.28. The maximum absolute atomic E-state index is 10.7. The van der Waals surface area contributed by atoms with Crippen LogP contribution in [0.2, 0.25) is 0 Å². The van der Waals surface area contributed by atoms with Crippen molar-refractivity contribution in [2.24, 2.45) is 5.92 Å². The van der Waals surface area contributed by atoms with E-state index in [9.17, 15) is 4.79 Å². The third-order valence-corrected chi connectivity index (χ3v) is 2.13. The van der Waals surface area contributed by atoms with Gasteiger partial charge in [-0.3, -0.25) is 4.79 Å². The summed E-state index contributed by atoms with van der Waals surface area (Å²) >= 11 is 0. The molecule has 1 aromatic rings. The summed E-state index contributed by atoms with van der Waals surface area (Å²) in [4.78, 5) is 10.7. The van der Waals surface area contributed by atoms with Gasteiger partial charge in [-0.15, -0.1) is 0 Å². The zero-order valence-corrected chi connectivity index (χ0v) is 9.01. The van der Waals surface area contributed by atoms with Crippen LogP contribution in [-0.4, -0.2) is 17.7 Å². The lowest BCUT2D eigenvalue weighted by Crippen LogP contribution is -2.14. The Morgan fingerprint density at radius 2 is 2.12 bits per heavy atom. The van der Waals surface area contributed by atoms with Gasteiger partial charge in [0.15, 0.2) is 0 Å². The van der Waals surface area contributed by atoms with E-state index < -0.39 is 11.9 Å². The van der Waals surface area contributed by atoms with E-state index in [1.807, 2.05) is 6.92 Å². The normalized spacial score (nSPS) is 11.5. The molecule has 1 N–H and O–H groups in total.